The van der Waals surface area contributed by atoms with Crippen molar-refractivity contribution >= 4 is 22.7 Å². The molecule has 2 nitrogen and oxygen atoms in total. The molecule has 3 aromatic rings. The maximum absolute atomic E-state index is 5.95. The fourth-order valence-corrected chi connectivity index (χ4v) is 3.82. The van der Waals surface area contributed by atoms with Crippen LogP contribution in [0.1, 0.15) is 23.8 Å². The minimum absolute atomic E-state index is 0.626. The van der Waals surface area contributed by atoms with Gasteiger partial charge in [-0.1, -0.05) is 19.1 Å². The van der Waals surface area contributed by atoms with Gasteiger partial charge in [0.15, 0.2) is 0 Å². The number of hydrogen-bond acceptors (Lipinski definition) is 4. The van der Waals surface area contributed by atoms with Crippen molar-refractivity contribution in [3.63, 3.8) is 0 Å². The van der Waals surface area contributed by atoms with Crippen LogP contribution in [0.2, 0.25) is 0 Å². The molecule has 2 heterocycles. The molecule has 0 amide bonds. The first-order chi connectivity index (χ1) is 11.3. The Bertz CT molecular complexity index is 719. The summed E-state index contributed by atoms with van der Waals surface area (Å²) in [5, 5.41) is 9.91. The van der Waals surface area contributed by atoms with Crippen molar-refractivity contribution in [2.75, 3.05) is 6.54 Å². The van der Waals surface area contributed by atoms with Crippen molar-refractivity contribution in [1.29, 1.82) is 0 Å². The number of benzene rings is 1. The first-order valence-corrected chi connectivity index (χ1v) is 9.70. The second kappa shape index (κ2) is 8.29. The number of thiophene rings is 2. The van der Waals surface area contributed by atoms with Gasteiger partial charge in [0.2, 0.25) is 0 Å². The fraction of sp³-hybridized carbons (Fsp3) is 0.263. The molecule has 0 aliphatic rings. The van der Waals surface area contributed by atoms with Gasteiger partial charge in [-0.15, -0.1) is 11.3 Å². The van der Waals surface area contributed by atoms with E-state index in [0.717, 1.165) is 25.3 Å². The molecule has 0 aliphatic carbocycles. The normalized spacial score (nSPS) is 10.8. The number of ether oxygens (including phenoxy) is 1. The minimum Gasteiger partial charge on any atom is -0.488 e. The zero-order valence-corrected chi connectivity index (χ0v) is 14.9. The maximum atomic E-state index is 5.95. The lowest BCUT2D eigenvalue weighted by Crippen LogP contribution is -2.13. The molecule has 0 spiro atoms. The van der Waals surface area contributed by atoms with Crippen LogP contribution < -0.4 is 10.1 Å². The zero-order chi connectivity index (χ0) is 15.9. The minimum atomic E-state index is 0.626. The average molecular weight is 344 g/mol. The molecule has 4 heteroatoms. The van der Waals surface area contributed by atoms with Crippen molar-refractivity contribution in [1.82, 2.24) is 5.32 Å². The molecule has 23 heavy (non-hydrogen) atoms. The summed E-state index contributed by atoms with van der Waals surface area (Å²) in [4.78, 5) is 1.25. The highest BCUT2D eigenvalue weighted by atomic mass is 32.1. The van der Waals surface area contributed by atoms with Crippen LogP contribution in [0.15, 0.2) is 52.5 Å². The van der Waals surface area contributed by atoms with Gasteiger partial charge in [-0.05, 0) is 70.1 Å². The highest BCUT2D eigenvalue weighted by Gasteiger charge is 2.04. The predicted octanol–water partition coefficient (Wildman–Crippen LogP) is 5.56. The summed E-state index contributed by atoms with van der Waals surface area (Å²) in [5.74, 6) is 0.936. The van der Waals surface area contributed by atoms with Crippen LogP contribution in [0.25, 0.3) is 11.1 Å². The Labute approximate surface area is 145 Å². The quantitative estimate of drug-likeness (QED) is 0.541. The second-order valence-corrected chi connectivity index (χ2v) is 7.20. The number of nitrogens with one attached hydrogen (secondary N) is 1. The maximum Gasteiger partial charge on any atom is 0.122 e. The first-order valence-electron chi connectivity index (χ1n) is 7.87. The van der Waals surface area contributed by atoms with Crippen LogP contribution in [0.3, 0.4) is 0 Å². The van der Waals surface area contributed by atoms with Gasteiger partial charge in [-0.3, -0.25) is 0 Å². The summed E-state index contributed by atoms with van der Waals surface area (Å²) >= 11 is 3.49. The van der Waals surface area contributed by atoms with E-state index in [0.29, 0.717) is 6.61 Å². The predicted molar refractivity (Wildman–Crippen MR) is 100 cm³/mol. The summed E-state index contributed by atoms with van der Waals surface area (Å²) in [6.07, 6.45) is 1.15. The average Bonchev–Trinajstić information content (AvgIpc) is 3.25. The SMILES string of the molecule is CCCNCc1cccc(OCc2cc(-c3ccsc3)cs2)c1. The molecule has 1 N–H and O–H groups in total. The van der Waals surface area contributed by atoms with E-state index in [1.165, 1.54) is 21.6 Å². The molecule has 0 atom stereocenters. The van der Waals surface area contributed by atoms with Crippen molar-refractivity contribution in [2.45, 2.75) is 26.5 Å². The molecule has 3 rings (SSSR count). The summed E-state index contributed by atoms with van der Waals surface area (Å²) < 4.78 is 5.95. The monoisotopic (exact) mass is 343 g/mol. The van der Waals surface area contributed by atoms with E-state index < -0.39 is 0 Å². The van der Waals surface area contributed by atoms with Gasteiger partial charge in [-0.2, -0.15) is 11.3 Å². The van der Waals surface area contributed by atoms with Crippen LogP contribution in [0.4, 0.5) is 0 Å². The molecule has 0 saturated heterocycles. The number of rotatable bonds is 8. The van der Waals surface area contributed by atoms with Crippen molar-refractivity contribution in [3.8, 4) is 16.9 Å². The van der Waals surface area contributed by atoms with Gasteiger partial charge in [0.1, 0.15) is 12.4 Å². The molecular weight excluding hydrogens is 322 g/mol. The van der Waals surface area contributed by atoms with E-state index in [1.807, 2.05) is 6.07 Å². The highest BCUT2D eigenvalue weighted by Crippen LogP contribution is 2.28. The van der Waals surface area contributed by atoms with Crippen LogP contribution in [-0.4, -0.2) is 6.54 Å². The van der Waals surface area contributed by atoms with E-state index in [4.69, 9.17) is 4.74 Å². The Morgan fingerprint density at radius 2 is 2.04 bits per heavy atom. The molecule has 0 saturated carbocycles. The molecule has 0 aliphatic heterocycles. The van der Waals surface area contributed by atoms with Crippen LogP contribution in [0.5, 0.6) is 5.75 Å². The van der Waals surface area contributed by atoms with E-state index in [2.05, 4.69) is 58.7 Å². The molecule has 2 aromatic heterocycles. The standard InChI is InChI=1S/C19H21NOS2/c1-2-7-20-11-15-4-3-5-18(9-15)21-12-19-10-17(14-23-19)16-6-8-22-13-16/h3-6,8-10,13-14,20H,2,7,11-12H2,1H3. The van der Waals surface area contributed by atoms with Crippen molar-refractivity contribution < 1.29 is 4.74 Å². The van der Waals surface area contributed by atoms with Crippen molar-refractivity contribution in [2.24, 2.45) is 0 Å². The molecule has 0 radical (unpaired) electrons. The van der Waals surface area contributed by atoms with Crippen LogP contribution in [-0.2, 0) is 13.2 Å². The zero-order valence-electron chi connectivity index (χ0n) is 13.2. The van der Waals surface area contributed by atoms with Gasteiger partial charge >= 0.3 is 0 Å². The van der Waals surface area contributed by atoms with Crippen LogP contribution in [0, 0.1) is 0 Å². The molecule has 0 unspecified atom stereocenters. The molecule has 120 valence electrons. The summed E-state index contributed by atoms with van der Waals surface area (Å²) in [7, 11) is 0. The Hall–Kier alpha value is -1.62. The number of hydrogen-bond donors (Lipinski definition) is 1. The summed E-state index contributed by atoms with van der Waals surface area (Å²) in [5.41, 5.74) is 3.84. The smallest absolute Gasteiger partial charge is 0.122 e. The fourth-order valence-electron chi connectivity index (χ4n) is 2.35. The largest absolute Gasteiger partial charge is 0.488 e. The Balaban J connectivity index is 1.57. The summed E-state index contributed by atoms with van der Waals surface area (Å²) in [6, 6.07) is 12.7. The lowest BCUT2D eigenvalue weighted by atomic mass is 10.2. The molecule has 0 bridgehead atoms. The molecule has 0 fully saturated rings. The highest BCUT2D eigenvalue weighted by molar-refractivity contribution is 7.10. The van der Waals surface area contributed by atoms with Gasteiger partial charge < -0.3 is 10.1 Å². The van der Waals surface area contributed by atoms with Gasteiger partial charge in [-0.25, -0.2) is 0 Å². The van der Waals surface area contributed by atoms with Gasteiger partial charge in [0, 0.05) is 11.4 Å². The van der Waals surface area contributed by atoms with E-state index in [9.17, 15) is 0 Å². The molecular formula is C19H21NOS2. The van der Waals surface area contributed by atoms with E-state index in [-0.39, 0.29) is 0 Å². The van der Waals surface area contributed by atoms with Gasteiger partial charge in [0.25, 0.3) is 0 Å². The van der Waals surface area contributed by atoms with Gasteiger partial charge in [0.05, 0.1) is 0 Å². The topological polar surface area (TPSA) is 21.3 Å². The first kappa shape index (κ1) is 16.2. The van der Waals surface area contributed by atoms with Crippen molar-refractivity contribution in [3.05, 3.63) is 63.0 Å². The second-order valence-electron chi connectivity index (χ2n) is 5.43. The third kappa shape index (κ3) is 4.67. The molecule has 1 aromatic carbocycles. The third-order valence-corrected chi connectivity index (χ3v) is 5.14. The van der Waals surface area contributed by atoms with E-state index in [1.54, 1.807) is 22.7 Å². The Morgan fingerprint density at radius 3 is 2.87 bits per heavy atom. The Kier molecular flexibility index (Phi) is 5.86. The van der Waals surface area contributed by atoms with E-state index >= 15 is 0 Å². The van der Waals surface area contributed by atoms with Crippen LogP contribution >= 0.6 is 22.7 Å². The summed E-state index contributed by atoms with van der Waals surface area (Å²) in [6.45, 7) is 4.75. The Morgan fingerprint density at radius 1 is 1.09 bits per heavy atom. The lowest BCUT2D eigenvalue weighted by molar-refractivity contribution is 0.309. The third-order valence-electron chi connectivity index (χ3n) is 3.54. The lowest BCUT2D eigenvalue weighted by Gasteiger charge is -2.08.